The third-order valence-electron chi connectivity index (χ3n) is 2.52. The second-order valence-electron chi connectivity index (χ2n) is 4.64. The number of hydrogen-bond donors (Lipinski definition) is 3. The number of aromatic hydroxyl groups is 1. The molecule has 0 radical (unpaired) electrons. The van der Waals surface area contributed by atoms with E-state index in [2.05, 4.69) is 21.2 Å². The number of halogens is 1. The van der Waals surface area contributed by atoms with Crippen LogP contribution in [0, 0.1) is 5.92 Å². The molecule has 18 heavy (non-hydrogen) atoms. The van der Waals surface area contributed by atoms with E-state index in [4.69, 9.17) is 0 Å². The third kappa shape index (κ3) is 4.31. The van der Waals surface area contributed by atoms with E-state index in [-0.39, 0.29) is 29.9 Å². The van der Waals surface area contributed by atoms with Crippen molar-refractivity contribution in [1.29, 1.82) is 0 Å². The number of hydrogen-bond acceptors (Lipinski definition) is 3. The standard InChI is InChI=1S/C13H18BrNO3/c1-8(2)5-10(7-16)15-13(18)11-4-3-9(14)6-12(11)17/h3-4,6,8,10,16-17H,5,7H2,1-2H3,(H,15,18). The Morgan fingerprint density at radius 2 is 2.11 bits per heavy atom. The van der Waals surface area contributed by atoms with E-state index in [0.29, 0.717) is 16.8 Å². The molecule has 0 saturated carbocycles. The van der Waals surface area contributed by atoms with Gasteiger partial charge >= 0.3 is 0 Å². The molecule has 0 spiro atoms. The number of phenols is 1. The molecule has 3 N–H and O–H groups in total. The van der Waals surface area contributed by atoms with Crippen LogP contribution in [0.25, 0.3) is 0 Å². The Bertz CT molecular complexity index is 421. The zero-order valence-corrected chi connectivity index (χ0v) is 12.1. The van der Waals surface area contributed by atoms with Gasteiger partial charge in [-0.05, 0) is 30.5 Å². The van der Waals surface area contributed by atoms with E-state index in [0.717, 1.165) is 0 Å². The quantitative estimate of drug-likeness (QED) is 0.781. The monoisotopic (exact) mass is 315 g/mol. The van der Waals surface area contributed by atoms with Crippen molar-refractivity contribution in [2.45, 2.75) is 26.3 Å². The van der Waals surface area contributed by atoms with Crippen LogP contribution in [0.15, 0.2) is 22.7 Å². The first kappa shape index (κ1) is 15.0. The number of aliphatic hydroxyl groups excluding tert-OH is 1. The average molecular weight is 316 g/mol. The fourth-order valence-corrected chi connectivity index (χ4v) is 2.06. The summed E-state index contributed by atoms with van der Waals surface area (Å²) in [6, 6.07) is 4.40. The molecule has 5 heteroatoms. The molecule has 0 aliphatic heterocycles. The maximum atomic E-state index is 11.9. The Kier molecular flexibility index (Phi) is 5.62. The van der Waals surface area contributed by atoms with Crippen molar-refractivity contribution >= 4 is 21.8 Å². The number of nitrogens with one attached hydrogen (secondary N) is 1. The minimum atomic E-state index is -0.375. The minimum absolute atomic E-state index is 0.0805. The predicted molar refractivity (Wildman–Crippen MR) is 73.6 cm³/mol. The first-order chi connectivity index (χ1) is 8.43. The van der Waals surface area contributed by atoms with Gasteiger partial charge in [0.1, 0.15) is 5.75 Å². The van der Waals surface area contributed by atoms with Crippen LogP contribution in [0.5, 0.6) is 5.75 Å². The molecule has 1 atom stereocenters. The van der Waals surface area contributed by atoms with Crippen molar-refractivity contribution in [3.63, 3.8) is 0 Å². The summed E-state index contributed by atoms with van der Waals surface area (Å²) in [6.07, 6.45) is 0.694. The van der Waals surface area contributed by atoms with E-state index in [9.17, 15) is 15.0 Å². The van der Waals surface area contributed by atoms with E-state index < -0.39 is 0 Å². The molecule has 0 bridgehead atoms. The Morgan fingerprint density at radius 3 is 2.61 bits per heavy atom. The number of benzene rings is 1. The normalized spacial score (nSPS) is 12.5. The zero-order valence-electron chi connectivity index (χ0n) is 10.5. The average Bonchev–Trinajstić information content (AvgIpc) is 2.27. The zero-order chi connectivity index (χ0) is 13.7. The summed E-state index contributed by atoms with van der Waals surface area (Å²) in [5.41, 5.74) is 0.209. The van der Waals surface area contributed by atoms with Crippen LogP contribution < -0.4 is 5.32 Å². The van der Waals surface area contributed by atoms with Gasteiger partial charge in [0.2, 0.25) is 0 Å². The van der Waals surface area contributed by atoms with E-state index >= 15 is 0 Å². The second-order valence-corrected chi connectivity index (χ2v) is 5.56. The number of phenolic OH excluding ortho intramolecular Hbond substituents is 1. The summed E-state index contributed by atoms with van der Waals surface area (Å²) in [6.45, 7) is 3.93. The van der Waals surface area contributed by atoms with Crippen LogP contribution in [0.2, 0.25) is 0 Å². The van der Waals surface area contributed by atoms with Crippen molar-refractivity contribution in [3.05, 3.63) is 28.2 Å². The lowest BCUT2D eigenvalue weighted by molar-refractivity contribution is 0.0905. The molecule has 0 fully saturated rings. The van der Waals surface area contributed by atoms with Gasteiger partial charge in [0, 0.05) is 4.47 Å². The number of carbonyl (C=O) groups is 1. The van der Waals surface area contributed by atoms with Gasteiger partial charge in [0.25, 0.3) is 5.91 Å². The summed E-state index contributed by atoms with van der Waals surface area (Å²) in [4.78, 5) is 11.9. The molecular weight excluding hydrogens is 298 g/mol. The fourth-order valence-electron chi connectivity index (χ4n) is 1.71. The summed E-state index contributed by atoms with van der Waals surface area (Å²) in [5, 5.41) is 21.6. The molecule has 0 aromatic heterocycles. The topological polar surface area (TPSA) is 69.6 Å². The van der Waals surface area contributed by atoms with Crippen LogP contribution in [-0.4, -0.2) is 28.8 Å². The highest BCUT2D eigenvalue weighted by molar-refractivity contribution is 9.10. The third-order valence-corrected chi connectivity index (χ3v) is 3.01. The van der Waals surface area contributed by atoms with Gasteiger partial charge in [-0.25, -0.2) is 0 Å². The molecule has 1 aromatic carbocycles. The molecule has 1 unspecified atom stereocenters. The SMILES string of the molecule is CC(C)CC(CO)NC(=O)c1ccc(Br)cc1O. The van der Waals surface area contributed by atoms with Gasteiger partial charge in [-0.3, -0.25) is 4.79 Å². The Balaban J connectivity index is 2.74. The second kappa shape index (κ2) is 6.75. The van der Waals surface area contributed by atoms with Crippen LogP contribution in [-0.2, 0) is 0 Å². The van der Waals surface area contributed by atoms with Gasteiger partial charge in [-0.2, -0.15) is 0 Å². The molecule has 1 aromatic rings. The lowest BCUT2D eigenvalue weighted by Gasteiger charge is -2.18. The molecule has 4 nitrogen and oxygen atoms in total. The van der Waals surface area contributed by atoms with Crippen LogP contribution in [0.1, 0.15) is 30.6 Å². The summed E-state index contributed by atoms with van der Waals surface area (Å²) in [5.74, 6) is -0.0798. The lowest BCUT2D eigenvalue weighted by Crippen LogP contribution is -2.38. The summed E-state index contributed by atoms with van der Waals surface area (Å²) >= 11 is 3.21. The Morgan fingerprint density at radius 1 is 1.44 bits per heavy atom. The number of aliphatic hydroxyl groups is 1. The van der Waals surface area contributed by atoms with Gasteiger partial charge in [-0.1, -0.05) is 29.8 Å². The van der Waals surface area contributed by atoms with Crippen LogP contribution >= 0.6 is 15.9 Å². The Hall–Kier alpha value is -1.07. The van der Waals surface area contributed by atoms with E-state index in [1.165, 1.54) is 6.07 Å². The minimum Gasteiger partial charge on any atom is -0.507 e. The molecule has 0 heterocycles. The predicted octanol–water partition coefficient (Wildman–Crippen LogP) is 2.29. The molecule has 0 saturated heterocycles. The van der Waals surface area contributed by atoms with Crippen molar-refractivity contribution in [3.8, 4) is 5.75 Å². The van der Waals surface area contributed by atoms with Crippen molar-refractivity contribution < 1.29 is 15.0 Å². The smallest absolute Gasteiger partial charge is 0.255 e. The maximum absolute atomic E-state index is 11.9. The number of rotatable bonds is 5. The molecule has 100 valence electrons. The summed E-state index contributed by atoms with van der Waals surface area (Å²) in [7, 11) is 0. The van der Waals surface area contributed by atoms with Crippen LogP contribution in [0.4, 0.5) is 0 Å². The first-order valence-corrected chi connectivity index (χ1v) is 6.63. The van der Waals surface area contributed by atoms with E-state index in [1.807, 2.05) is 13.8 Å². The highest BCUT2D eigenvalue weighted by Gasteiger charge is 2.16. The van der Waals surface area contributed by atoms with E-state index in [1.54, 1.807) is 12.1 Å². The number of carbonyl (C=O) groups excluding carboxylic acids is 1. The van der Waals surface area contributed by atoms with Gasteiger partial charge < -0.3 is 15.5 Å². The van der Waals surface area contributed by atoms with Crippen molar-refractivity contribution in [1.82, 2.24) is 5.32 Å². The van der Waals surface area contributed by atoms with Gasteiger partial charge in [0.15, 0.2) is 0 Å². The lowest BCUT2D eigenvalue weighted by atomic mass is 10.0. The molecule has 0 aliphatic rings. The number of amides is 1. The van der Waals surface area contributed by atoms with Crippen molar-refractivity contribution in [2.24, 2.45) is 5.92 Å². The molecular formula is C13H18BrNO3. The van der Waals surface area contributed by atoms with Crippen LogP contribution in [0.3, 0.4) is 0 Å². The fraction of sp³-hybridized carbons (Fsp3) is 0.462. The first-order valence-electron chi connectivity index (χ1n) is 5.84. The molecule has 0 aliphatic carbocycles. The Labute approximate surface area is 115 Å². The van der Waals surface area contributed by atoms with Gasteiger partial charge in [-0.15, -0.1) is 0 Å². The largest absolute Gasteiger partial charge is 0.507 e. The highest BCUT2D eigenvalue weighted by atomic mass is 79.9. The van der Waals surface area contributed by atoms with Gasteiger partial charge in [0.05, 0.1) is 18.2 Å². The molecule has 1 amide bonds. The van der Waals surface area contributed by atoms with Crippen molar-refractivity contribution in [2.75, 3.05) is 6.61 Å². The molecule has 1 rings (SSSR count). The summed E-state index contributed by atoms with van der Waals surface area (Å²) < 4.78 is 0.706. The maximum Gasteiger partial charge on any atom is 0.255 e. The highest BCUT2D eigenvalue weighted by Crippen LogP contribution is 2.22.